The molecule has 6 heteroatoms. The molecule has 6 nitrogen and oxygen atoms in total. The summed E-state index contributed by atoms with van der Waals surface area (Å²) in [7, 11) is 4.19. The van der Waals surface area contributed by atoms with Gasteiger partial charge in [-0.25, -0.2) is 4.79 Å². The first kappa shape index (κ1) is 14.0. The number of methoxy groups -OCH3 is 2. The highest BCUT2D eigenvalue weighted by atomic mass is 16.5. The van der Waals surface area contributed by atoms with Gasteiger partial charge in [-0.3, -0.25) is 4.79 Å². The second-order valence-electron chi connectivity index (χ2n) is 3.51. The molecular formula is C12H15NO5. The lowest BCUT2D eigenvalue weighted by Gasteiger charge is -2.10. The number of likely N-dealkylation sites (N-methyl/N-ethyl adjacent to an activating group) is 1. The molecule has 0 fully saturated rings. The van der Waals surface area contributed by atoms with Gasteiger partial charge >= 0.3 is 5.97 Å². The number of hydrogen-bond donors (Lipinski definition) is 2. The molecule has 0 unspecified atom stereocenters. The number of phenols is 1. The molecule has 0 bridgehead atoms. The Labute approximate surface area is 105 Å². The third kappa shape index (κ3) is 2.78. The minimum absolute atomic E-state index is 0.0468. The number of aromatic hydroxyl groups is 1. The lowest BCUT2D eigenvalue weighted by Crippen LogP contribution is -2.19. The van der Waals surface area contributed by atoms with Crippen LogP contribution in [0, 0.1) is 0 Å². The van der Waals surface area contributed by atoms with Gasteiger partial charge in [0, 0.05) is 6.07 Å². The Morgan fingerprint density at radius 2 is 1.94 bits per heavy atom. The zero-order valence-corrected chi connectivity index (χ0v) is 10.4. The van der Waals surface area contributed by atoms with Gasteiger partial charge in [0.25, 0.3) is 0 Å². The second kappa shape index (κ2) is 6.02. The van der Waals surface area contributed by atoms with E-state index < -0.39 is 5.97 Å². The summed E-state index contributed by atoms with van der Waals surface area (Å²) >= 11 is 0. The van der Waals surface area contributed by atoms with Crippen LogP contribution in [0.15, 0.2) is 12.1 Å². The molecule has 0 spiro atoms. The molecule has 2 N–H and O–H groups in total. The molecule has 18 heavy (non-hydrogen) atoms. The molecule has 1 aromatic rings. The van der Waals surface area contributed by atoms with Crippen LogP contribution in [0.2, 0.25) is 0 Å². The highest BCUT2D eigenvalue weighted by Crippen LogP contribution is 2.29. The summed E-state index contributed by atoms with van der Waals surface area (Å²) in [4.78, 5) is 23.2. The van der Waals surface area contributed by atoms with Crippen molar-refractivity contribution in [3.8, 4) is 11.5 Å². The van der Waals surface area contributed by atoms with Crippen LogP contribution in [0.25, 0.3) is 0 Å². The number of carbonyl (C=O) groups excluding carboxylic acids is 2. The minimum Gasteiger partial charge on any atom is -0.507 e. The molecular weight excluding hydrogens is 238 g/mol. The van der Waals surface area contributed by atoms with Crippen LogP contribution in [0.5, 0.6) is 11.5 Å². The van der Waals surface area contributed by atoms with Gasteiger partial charge in [0.05, 0.1) is 26.3 Å². The smallest absolute Gasteiger partial charge is 0.341 e. The van der Waals surface area contributed by atoms with E-state index in [0.29, 0.717) is 0 Å². The fourth-order valence-corrected chi connectivity index (χ4v) is 1.49. The highest BCUT2D eigenvalue weighted by Gasteiger charge is 2.19. The summed E-state index contributed by atoms with van der Waals surface area (Å²) in [6, 6.07) is 2.48. The number of phenolic OH excluding ortho intramolecular Hbond substituents is 1. The van der Waals surface area contributed by atoms with Crippen molar-refractivity contribution in [3.63, 3.8) is 0 Å². The first-order valence-corrected chi connectivity index (χ1v) is 5.22. The van der Waals surface area contributed by atoms with Gasteiger partial charge in [0.1, 0.15) is 17.1 Å². The second-order valence-corrected chi connectivity index (χ2v) is 3.51. The zero-order valence-electron chi connectivity index (χ0n) is 10.4. The van der Waals surface area contributed by atoms with Crippen LogP contribution in [0.4, 0.5) is 0 Å². The fourth-order valence-electron chi connectivity index (χ4n) is 1.49. The first-order chi connectivity index (χ1) is 8.54. The Morgan fingerprint density at radius 3 is 2.44 bits per heavy atom. The van der Waals surface area contributed by atoms with Gasteiger partial charge in [0.15, 0.2) is 5.78 Å². The van der Waals surface area contributed by atoms with Crippen molar-refractivity contribution in [2.24, 2.45) is 0 Å². The third-order valence-electron chi connectivity index (χ3n) is 2.36. The van der Waals surface area contributed by atoms with Crippen molar-refractivity contribution < 1.29 is 24.2 Å². The number of nitrogens with one attached hydrogen (secondary N) is 1. The van der Waals surface area contributed by atoms with E-state index in [4.69, 9.17) is 4.74 Å². The van der Waals surface area contributed by atoms with Gasteiger partial charge in [-0.1, -0.05) is 0 Å². The lowest BCUT2D eigenvalue weighted by atomic mass is 10.0. The number of rotatable bonds is 5. The molecule has 1 aromatic carbocycles. The van der Waals surface area contributed by atoms with E-state index in [1.165, 1.54) is 26.4 Å². The van der Waals surface area contributed by atoms with Crippen LogP contribution in [-0.2, 0) is 4.74 Å². The monoisotopic (exact) mass is 253 g/mol. The van der Waals surface area contributed by atoms with Gasteiger partial charge in [-0.05, 0) is 13.1 Å². The molecule has 0 amide bonds. The van der Waals surface area contributed by atoms with Crippen molar-refractivity contribution in [1.29, 1.82) is 0 Å². The molecule has 0 atom stereocenters. The highest BCUT2D eigenvalue weighted by molar-refractivity contribution is 6.03. The molecule has 0 aliphatic rings. The van der Waals surface area contributed by atoms with Crippen molar-refractivity contribution in [2.75, 3.05) is 27.8 Å². The minimum atomic E-state index is -0.634. The number of benzene rings is 1. The third-order valence-corrected chi connectivity index (χ3v) is 2.36. The van der Waals surface area contributed by atoms with E-state index in [0.717, 1.165) is 0 Å². The molecule has 0 aliphatic heterocycles. The maximum atomic E-state index is 11.7. The molecule has 0 aliphatic carbocycles. The van der Waals surface area contributed by atoms with E-state index in [-0.39, 0.29) is 35.0 Å². The summed E-state index contributed by atoms with van der Waals surface area (Å²) in [5.41, 5.74) is 0.141. The number of carbonyl (C=O) groups is 2. The molecule has 0 saturated carbocycles. The van der Waals surface area contributed by atoms with E-state index in [1.807, 2.05) is 0 Å². The zero-order chi connectivity index (χ0) is 13.7. The summed E-state index contributed by atoms with van der Waals surface area (Å²) in [6.45, 7) is 0.0561. The number of ketones is 1. The number of esters is 1. The van der Waals surface area contributed by atoms with Crippen molar-refractivity contribution in [3.05, 3.63) is 23.3 Å². The van der Waals surface area contributed by atoms with Crippen LogP contribution in [-0.4, -0.2) is 44.7 Å². The van der Waals surface area contributed by atoms with E-state index in [9.17, 15) is 14.7 Å². The topological polar surface area (TPSA) is 84.9 Å². The van der Waals surface area contributed by atoms with Gasteiger partial charge in [0.2, 0.25) is 0 Å². The molecule has 98 valence electrons. The van der Waals surface area contributed by atoms with Crippen LogP contribution in [0.3, 0.4) is 0 Å². The normalized spacial score (nSPS) is 9.94. The first-order valence-electron chi connectivity index (χ1n) is 5.22. The Morgan fingerprint density at radius 1 is 1.28 bits per heavy atom. The van der Waals surface area contributed by atoms with E-state index in [1.54, 1.807) is 7.05 Å². The van der Waals surface area contributed by atoms with Crippen molar-refractivity contribution in [1.82, 2.24) is 5.32 Å². The quantitative estimate of drug-likeness (QED) is 0.590. The number of ether oxygens (including phenoxy) is 2. The summed E-state index contributed by atoms with van der Waals surface area (Å²) in [6.07, 6.45) is 0. The van der Waals surface area contributed by atoms with E-state index in [2.05, 4.69) is 10.1 Å². The number of Topliss-reactive ketones (excluding diaryl/α,β-unsaturated/α-hetero) is 1. The number of hydrogen-bond acceptors (Lipinski definition) is 6. The van der Waals surface area contributed by atoms with Crippen LogP contribution < -0.4 is 10.1 Å². The largest absolute Gasteiger partial charge is 0.507 e. The molecule has 0 heterocycles. The molecule has 0 radical (unpaired) electrons. The lowest BCUT2D eigenvalue weighted by molar-refractivity contribution is 0.0597. The SMILES string of the molecule is CNCC(=O)c1cc(C(=O)OC)c(OC)cc1O. The maximum Gasteiger partial charge on any atom is 0.341 e. The van der Waals surface area contributed by atoms with Gasteiger partial charge in [-0.2, -0.15) is 0 Å². The Hall–Kier alpha value is -2.08. The predicted molar refractivity (Wildman–Crippen MR) is 64.3 cm³/mol. The summed E-state index contributed by atoms with van der Waals surface area (Å²) < 4.78 is 9.54. The Kier molecular flexibility index (Phi) is 4.67. The summed E-state index contributed by atoms with van der Waals surface area (Å²) in [5, 5.41) is 12.4. The average molecular weight is 253 g/mol. The van der Waals surface area contributed by atoms with E-state index >= 15 is 0 Å². The molecule has 0 saturated heterocycles. The fraction of sp³-hybridized carbons (Fsp3) is 0.333. The Balaban J connectivity index is 3.29. The van der Waals surface area contributed by atoms with Crippen LogP contribution >= 0.6 is 0 Å². The molecule has 0 aromatic heterocycles. The average Bonchev–Trinajstić information content (AvgIpc) is 2.37. The van der Waals surface area contributed by atoms with Gasteiger partial charge in [-0.15, -0.1) is 0 Å². The van der Waals surface area contributed by atoms with Crippen LogP contribution in [0.1, 0.15) is 20.7 Å². The van der Waals surface area contributed by atoms with Crippen molar-refractivity contribution in [2.45, 2.75) is 0 Å². The van der Waals surface area contributed by atoms with Crippen molar-refractivity contribution >= 4 is 11.8 Å². The Bertz CT molecular complexity index is 470. The van der Waals surface area contributed by atoms with Gasteiger partial charge < -0.3 is 19.9 Å². The molecule has 1 rings (SSSR count). The summed E-state index contributed by atoms with van der Waals surface area (Å²) in [5.74, 6) is -1.05. The standard InChI is InChI=1S/C12H15NO5/c1-13-6-10(15)7-4-8(12(16)18-3)11(17-2)5-9(7)14/h4-5,13-14H,6H2,1-3H3. The maximum absolute atomic E-state index is 11.7. The predicted octanol–water partition coefficient (Wildman–Crippen LogP) is 0.589.